The summed E-state index contributed by atoms with van der Waals surface area (Å²) in [5, 5.41) is 2.85. The molecule has 188 valence electrons. The van der Waals surface area contributed by atoms with Crippen molar-refractivity contribution in [1.82, 2.24) is 9.62 Å². The van der Waals surface area contributed by atoms with Crippen molar-refractivity contribution in [2.75, 3.05) is 43.9 Å². The number of carbonyl (C=O) groups excluding carboxylic acids is 2. The highest BCUT2D eigenvalue weighted by atomic mass is 32.2. The van der Waals surface area contributed by atoms with Crippen LogP contribution in [-0.4, -0.2) is 63.6 Å². The predicted octanol–water partition coefficient (Wildman–Crippen LogP) is 2.91. The van der Waals surface area contributed by atoms with E-state index in [-0.39, 0.29) is 29.9 Å². The van der Waals surface area contributed by atoms with Crippen molar-refractivity contribution in [3.05, 3.63) is 48.0 Å². The van der Waals surface area contributed by atoms with Crippen molar-refractivity contribution in [2.24, 2.45) is 5.92 Å². The molecule has 35 heavy (non-hydrogen) atoms. The number of anilines is 1. The number of nitrogens with zero attached hydrogens (tertiary/aromatic N) is 2. The van der Waals surface area contributed by atoms with Crippen LogP contribution in [0.1, 0.15) is 25.3 Å². The third-order valence-electron chi connectivity index (χ3n) is 6.45. The van der Waals surface area contributed by atoms with Gasteiger partial charge in [-0.15, -0.1) is 11.8 Å². The maximum absolute atomic E-state index is 13.2. The second-order valence-corrected chi connectivity index (χ2v) is 11.8. The van der Waals surface area contributed by atoms with E-state index in [1.807, 2.05) is 30.5 Å². The van der Waals surface area contributed by atoms with Gasteiger partial charge in [0, 0.05) is 24.5 Å². The van der Waals surface area contributed by atoms with Crippen LogP contribution in [0.15, 0.2) is 52.3 Å². The van der Waals surface area contributed by atoms with Gasteiger partial charge in [0.25, 0.3) is 5.91 Å². The Labute approximate surface area is 211 Å². The maximum atomic E-state index is 13.2. The quantitative estimate of drug-likeness (QED) is 0.541. The Morgan fingerprint density at radius 3 is 2.54 bits per heavy atom. The fourth-order valence-electron chi connectivity index (χ4n) is 4.23. The van der Waals surface area contributed by atoms with Crippen molar-refractivity contribution >= 4 is 39.3 Å². The molecule has 0 aliphatic carbocycles. The van der Waals surface area contributed by atoms with Crippen molar-refractivity contribution in [2.45, 2.75) is 36.0 Å². The Kier molecular flexibility index (Phi) is 8.03. The Bertz CT molecular complexity index is 1180. The van der Waals surface area contributed by atoms with Gasteiger partial charge < -0.3 is 10.1 Å². The number of fused-ring (bicyclic) bond motifs is 1. The van der Waals surface area contributed by atoms with E-state index in [1.54, 1.807) is 17.8 Å². The Morgan fingerprint density at radius 2 is 1.86 bits per heavy atom. The minimum atomic E-state index is -3.70. The van der Waals surface area contributed by atoms with Crippen molar-refractivity contribution in [3.63, 3.8) is 0 Å². The minimum absolute atomic E-state index is 0.100. The summed E-state index contributed by atoms with van der Waals surface area (Å²) in [5.41, 5.74) is 1.41. The Balaban J connectivity index is 1.43. The minimum Gasteiger partial charge on any atom is -0.482 e. The summed E-state index contributed by atoms with van der Waals surface area (Å²) < 4.78 is 33.4. The molecule has 1 saturated heterocycles. The SMILES string of the molecule is CSc1ccc(CCNC(=O)CN2C(=O)COc3ccc(S(=O)(=O)N4CCC(C)CC4)cc32)cc1. The number of benzene rings is 2. The lowest BCUT2D eigenvalue weighted by molar-refractivity contribution is -0.125. The van der Waals surface area contributed by atoms with E-state index in [1.165, 1.54) is 26.2 Å². The fourth-order valence-corrected chi connectivity index (χ4v) is 6.13. The first-order valence-corrected chi connectivity index (χ1v) is 14.4. The first-order valence-electron chi connectivity index (χ1n) is 11.7. The molecule has 0 spiro atoms. The molecule has 2 amide bonds. The number of piperidine rings is 1. The van der Waals surface area contributed by atoms with E-state index < -0.39 is 10.0 Å². The highest BCUT2D eigenvalue weighted by Crippen LogP contribution is 2.35. The summed E-state index contributed by atoms with van der Waals surface area (Å²) in [4.78, 5) is 27.8. The smallest absolute Gasteiger partial charge is 0.265 e. The molecule has 0 radical (unpaired) electrons. The van der Waals surface area contributed by atoms with E-state index in [0.717, 1.165) is 18.4 Å². The lowest BCUT2D eigenvalue weighted by atomic mass is 10.0. The molecule has 1 fully saturated rings. The maximum Gasteiger partial charge on any atom is 0.265 e. The summed E-state index contributed by atoms with van der Waals surface area (Å²) >= 11 is 1.67. The molecule has 10 heteroatoms. The van der Waals surface area contributed by atoms with Crippen molar-refractivity contribution in [1.29, 1.82) is 0 Å². The van der Waals surface area contributed by atoms with Gasteiger partial charge >= 0.3 is 0 Å². The van der Waals surface area contributed by atoms with Crippen LogP contribution in [-0.2, 0) is 26.0 Å². The Morgan fingerprint density at radius 1 is 1.14 bits per heavy atom. The fraction of sp³-hybridized carbons (Fsp3) is 0.440. The molecule has 0 saturated carbocycles. The normalized spacial score (nSPS) is 17.1. The van der Waals surface area contributed by atoms with Gasteiger partial charge in [0.15, 0.2) is 6.61 Å². The molecule has 8 nitrogen and oxygen atoms in total. The third-order valence-corrected chi connectivity index (χ3v) is 9.09. The summed E-state index contributed by atoms with van der Waals surface area (Å²) in [7, 11) is -3.70. The number of hydrogen-bond acceptors (Lipinski definition) is 6. The first-order chi connectivity index (χ1) is 16.8. The zero-order valence-electron chi connectivity index (χ0n) is 20.0. The lowest BCUT2D eigenvalue weighted by Gasteiger charge is -2.31. The van der Waals surface area contributed by atoms with E-state index in [2.05, 4.69) is 12.2 Å². The topological polar surface area (TPSA) is 96.0 Å². The molecule has 2 heterocycles. The second-order valence-electron chi connectivity index (χ2n) is 8.93. The molecule has 2 aromatic carbocycles. The van der Waals surface area contributed by atoms with Gasteiger partial charge in [-0.25, -0.2) is 8.42 Å². The number of amides is 2. The van der Waals surface area contributed by atoms with Crippen molar-refractivity contribution < 1.29 is 22.7 Å². The zero-order chi connectivity index (χ0) is 25.0. The number of carbonyl (C=O) groups is 2. The molecule has 0 atom stereocenters. The first kappa shape index (κ1) is 25.5. The summed E-state index contributed by atoms with van der Waals surface area (Å²) in [6, 6.07) is 12.7. The van der Waals surface area contributed by atoms with E-state index in [0.29, 0.717) is 43.4 Å². The van der Waals surface area contributed by atoms with Gasteiger partial charge in [-0.1, -0.05) is 19.1 Å². The standard InChI is InChI=1S/C25H31N3O5S2/c1-18-10-13-27(14-11-18)35(31,32)21-7-8-23-22(15-21)28(25(30)17-33-23)16-24(29)26-12-9-19-3-5-20(34-2)6-4-19/h3-8,15,18H,9-14,16-17H2,1-2H3,(H,26,29). The van der Waals surface area contributed by atoms with Gasteiger partial charge in [-0.05, 0) is 67.3 Å². The average molecular weight is 518 g/mol. The predicted molar refractivity (Wildman–Crippen MR) is 136 cm³/mol. The van der Waals surface area contributed by atoms with Gasteiger partial charge in [0.05, 0.1) is 10.6 Å². The van der Waals surface area contributed by atoms with Crippen LogP contribution in [0.5, 0.6) is 5.75 Å². The number of hydrogen-bond donors (Lipinski definition) is 1. The number of rotatable bonds is 8. The molecule has 2 aliphatic heterocycles. The number of nitrogens with one attached hydrogen (secondary N) is 1. The van der Waals surface area contributed by atoms with Crippen LogP contribution in [0.3, 0.4) is 0 Å². The van der Waals surface area contributed by atoms with E-state index in [9.17, 15) is 18.0 Å². The summed E-state index contributed by atoms with van der Waals surface area (Å²) in [6.45, 7) is 3.11. The van der Waals surface area contributed by atoms with Gasteiger partial charge in [-0.2, -0.15) is 4.31 Å². The molecule has 2 aromatic rings. The molecular weight excluding hydrogens is 486 g/mol. The number of thioether (sulfide) groups is 1. The third kappa shape index (κ3) is 5.99. The van der Waals surface area contributed by atoms with Crippen LogP contribution in [0.25, 0.3) is 0 Å². The number of ether oxygens (including phenoxy) is 1. The van der Waals surface area contributed by atoms with Crippen molar-refractivity contribution in [3.8, 4) is 5.75 Å². The van der Waals surface area contributed by atoms with Gasteiger partial charge in [0.2, 0.25) is 15.9 Å². The lowest BCUT2D eigenvalue weighted by Crippen LogP contribution is -2.45. The van der Waals surface area contributed by atoms with Gasteiger partial charge in [0.1, 0.15) is 12.3 Å². The van der Waals surface area contributed by atoms with Crippen LogP contribution < -0.4 is 15.0 Å². The largest absolute Gasteiger partial charge is 0.482 e. The van der Waals surface area contributed by atoms with Crippen LogP contribution in [0.4, 0.5) is 5.69 Å². The average Bonchev–Trinajstić information content (AvgIpc) is 2.86. The Hall–Kier alpha value is -2.56. The molecule has 2 aliphatic rings. The zero-order valence-corrected chi connectivity index (χ0v) is 21.7. The highest BCUT2D eigenvalue weighted by molar-refractivity contribution is 7.98. The van der Waals surface area contributed by atoms with Gasteiger partial charge in [-0.3, -0.25) is 14.5 Å². The summed E-state index contributed by atoms with van der Waals surface area (Å²) in [5.74, 6) is 0.184. The number of sulfonamides is 1. The summed E-state index contributed by atoms with van der Waals surface area (Å²) in [6.07, 6.45) is 4.33. The van der Waals surface area contributed by atoms with Crippen LogP contribution >= 0.6 is 11.8 Å². The van der Waals surface area contributed by atoms with Crippen LogP contribution in [0.2, 0.25) is 0 Å². The molecule has 1 N–H and O–H groups in total. The molecule has 0 aromatic heterocycles. The van der Waals surface area contributed by atoms with E-state index >= 15 is 0 Å². The molecular formula is C25H31N3O5S2. The molecule has 0 bridgehead atoms. The monoisotopic (exact) mass is 517 g/mol. The van der Waals surface area contributed by atoms with E-state index in [4.69, 9.17) is 4.74 Å². The molecule has 0 unspecified atom stereocenters. The second kappa shape index (κ2) is 11.0. The van der Waals surface area contributed by atoms with Crippen LogP contribution in [0, 0.1) is 5.92 Å². The molecule has 4 rings (SSSR count). The highest BCUT2D eigenvalue weighted by Gasteiger charge is 2.32.